The van der Waals surface area contributed by atoms with Crippen LogP contribution in [0.15, 0.2) is 48.7 Å². The molecule has 0 radical (unpaired) electrons. The molecule has 2 aromatic rings. The van der Waals surface area contributed by atoms with Gasteiger partial charge in [0.05, 0.1) is 11.1 Å². The summed E-state index contributed by atoms with van der Waals surface area (Å²) >= 11 is 0. The van der Waals surface area contributed by atoms with E-state index in [9.17, 15) is 4.79 Å². The highest BCUT2D eigenvalue weighted by atomic mass is 16.2. The maximum absolute atomic E-state index is 13.1. The number of nitrogens with zero attached hydrogens (tertiary/aromatic N) is 3. The highest BCUT2D eigenvalue weighted by Crippen LogP contribution is 2.42. The van der Waals surface area contributed by atoms with Gasteiger partial charge in [-0.3, -0.25) is 14.7 Å². The number of aromatic nitrogens is 1. The maximum atomic E-state index is 13.1. The van der Waals surface area contributed by atoms with Gasteiger partial charge in [-0.1, -0.05) is 35.9 Å². The molecule has 2 saturated heterocycles. The number of pyridine rings is 1. The Morgan fingerprint density at radius 1 is 1.00 bits per heavy atom. The molecule has 0 aliphatic carbocycles. The Kier molecular flexibility index (Phi) is 4.77. The molecule has 1 aromatic heterocycles. The Morgan fingerprint density at radius 3 is 2.54 bits per heavy atom. The van der Waals surface area contributed by atoms with E-state index < -0.39 is 0 Å². The topological polar surface area (TPSA) is 36.4 Å². The fraction of sp³-hybridized carbons (Fsp3) is 0.455. The van der Waals surface area contributed by atoms with E-state index >= 15 is 0 Å². The minimum absolute atomic E-state index is 0.121. The number of carbonyl (C=O) groups excluding carboxylic acids is 1. The van der Waals surface area contributed by atoms with Gasteiger partial charge in [0.1, 0.15) is 0 Å². The molecule has 1 aromatic carbocycles. The average molecular weight is 349 g/mol. The Morgan fingerprint density at radius 2 is 1.81 bits per heavy atom. The molecule has 1 spiro atoms. The van der Waals surface area contributed by atoms with E-state index in [1.54, 1.807) is 0 Å². The van der Waals surface area contributed by atoms with Gasteiger partial charge < -0.3 is 4.90 Å². The quantitative estimate of drug-likeness (QED) is 0.849. The second-order valence-corrected chi connectivity index (χ2v) is 7.84. The van der Waals surface area contributed by atoms with Crippen LogP contribution in [-0.2, 0) is 17.9 Å². The fourth-order valence-electron chi connectivity index (χ4n) is 4.40. The third-order valence-corrected chi connectivity index (χ3v) is 5.98. The summed E-state index contributed by atoms with van der Waals surface area (Å²) < 4.78 is 0. The lowest BCUT2D eigenvalue weighted by atomic mass is 9.77. The molecular formula is C22H27N3O. The van der Waals surface area contributed by atoms with Gasteiger partial charge in [-0.2, -0.15) is 0 Å². The Hall–Kier alpha value is -2.20. The third kappa shape index (κ3) is 3.51. The number of rotatable bonds is 4. The van der Waals surface area contributed by atoms with Crippen molar-refractivity contribution in [2.75, 3.05) is 19.6 Å². The summed E-state index contributed by atoms with van der Waals surface area (Å²) in [5.41, 5.74) is 3.49. The van der Waals surface area contributed by atoms with Gasteiger partial charge in [-0.05, 0) is 57.0 Å². The number of amides is 1. The lowest BCUT2D eigenvalue weighted by molar-refractivity contribution is -0.139. The lowest BCUT2D eigenvalue weighted by Crippen LogP contribution is -2.44. The van der Waals surface area contributed by atoms with Crippen molar-refractivity contribution in [3.8, 4) is 0 Å². The molecular weight excluding hydrogens is 322 g/mol. The summed E-state index contributed by atoms with van der Waals surface area (Å²) in [6, 6.07) is 14.6. The van der Waals surface area contributed by atoms with Crippen LogP contribution in [0.3, 0.4) is 0 Å². The van der Waals surface area contributed by atoms with E-state index in [1.807, 2.05) is 18.3 Å². The first-order chi connectivity index (χ1) is 12.6. The van der Waals surface area contributed by atoms with Crippen molar-refractivity contribution >= 4 is 5.91 Å². The summed E-state index contributed by atoms with van der Waals surface area (Å²) in [6.45, 7) is 6.61. The van der Waals surface area contributed by atoms with Crippen LogP contribution < -0.4 is 0 Å². The molecule has 26 heavy (non-hydrogen) atoms. The van der Waals surface area contributed by atoms with Crippen LogP contribution in [0.2, 0.25) is 0 Å². The van der Waals surface area contributed by atoms with Crippen LogP contribution in [-0.4, -0.2) is 40.3 Å². The summed E-state index contributed by atoms with van der Waals surface area (Å²) in [4.78, 5) is 22.1. The number of carbonyl (C=O) groups is 1. The largest absolute Gasteiger partial charge is 0.338 e. The monoisotopic (exact) mass is 349 g/mol. The number of aryl methyl sites for hydroxylation is 1. The molecule has 2 aliphatic rings. The Bertz CT molecular complexity index is 766. The van der Waals surface area contributed by atoms with Crippen LogP contribution in [0.5, 0.6) is 0 Å². The second-order valence-electron chi connectivity index (χ2n) is 7.84. The van der Waals surface area contributed by atoms with Gasteiger partial charge in [0.25, 0.3) is 0 Å². The van der Waals surface area contributed by atoms with E-state index in [0.29, 0.717) is 5.91 Å². The van der Waals surface area contributed by atoms with Crippen LogP contribution in [0, 0.1) is 12.3 Å². The fourth-order valence-corrected chi connectivity index (χ4v) is 4.40. The first kappa shape index (κ1) is 17.2. The third-order valence-electron chi connectivity index (χ3n) is 5.98. The number of hydrogen-bond acceptors (Lipinski definition) is 3. The second kappa shape index (κ2) is 7.20. The van der Waals surface area contributed by atoms with Crippen molar-refractivity contribution < 1.29 is 4.79 Å². The zero-order valence-corrected chi connectivity index (χ0v) is 15.5. The zero-order valence-electron chi connectivity index (χ0n) is 15.5. The minimum atomic E-state index is -0.121. The van der Waals surface area contributed by atoms with Crippen molar-refractivity contribution in [1.29, 1.82) is 0 Å². The van der Waals surface area contributed by atoms with E-state index in [1.165, 1.54) is 11.1 Å². The van der Waals surface area contributed by atoms with Gasteiger partial charge in [-0.15, -0.1) is 0 Å². The SMILES string of the molecule is Cc1cccc(CN2CCC3(CCN(Cc4ccccn4)CC3)C2=O)c1. The van der Waals surface area contributed by atoms with Gasteiger partial charge >= 0.3 is 0 Å². The van der Waals surface area contributed by atoms with Gasteiger partial charge in [0.15, 0.2) is 0 Å². The molecule has 0 unspecified atom stereocenters. The minimum Gasteiger partial charge on any atom is -0.338 e. The van der Waals surface area contributed by atoms with E-state index in [-0.39, 0.29) is 5.41 Å². The normalized spacial score (nSPS) is 20.0. The van der Waals surface area contributed by atoms with Crippen molar-refractivity contribution in [2.45, 2.75) is 39.3 Å². The molecule has 136 valence electrons. The summed E-state index contributed by atoms with van der Waals surface area (Å²) in [5, 5.41) is 0. The van der Waals surface area contributed by atoms with Crippen molar-refractivity contribution in [2.24, 2.45) is 5.41 Å². The summed E-state index contributed by atoms with van der Waals surface area (Å²) in [5.74, 6) is 0.372. The first-order valence-corrected chi connectivity index (χ1v) is 9.62. The van der Waals surface area contributed by atoms with Crippen molar-refractivity contribution in [1.82, 2.24) is 14.8 Å². The molecule has 4 rings (SSSR count). The van der Waals surface area contributed by atoms with Gasteiger partial charge in [0.2, 0.25) is 5.91 Å². The number of hydrogen-bond donors (Lipinski definition) is 0. The van der Waals surface area contributed by atoms with E-state index in [4.69, 9.17) is 0 Å². The average Bonchev–Trinajstić information content (AvgIpc) is 2.94. The summed E-state index contributed by atoms with van der Waals surface area (Å²) in [7, 11) is 0. The van der Waals surface area contributed by atoms with Crippen molar-refractivity contribution in [3.05, 3.63) is 65.5 Å². The molecule has 0 saturated carbocycles. The van der Waals surface area contributed by atoms with Crippen molar-refractivity contribution in [3.63, 3.8) is 0 Å². The predicted molar refractivity (Wildman–Crippen MR) is 102 cm³/mol. The van der Waals surface area contributed by atoms with Crippen LogP contribution >= 0.6 is 0 Å². The molecule has 2 fully saturated rings. The molecule has 3 heterocycles. The maximum Gasteiger partial charge on any atom is 0.229 e. The first-order valence-electron chi connectivity index (χ1n) is 9.62. The van der Waals surface area contributed by atoms with Gasteiger partial charge in [-0.25, -0.2) is 0 Å². The number of benzene rings is 1. The number of piperidine rings is 1. The highest BCUT2D eigenvalue weighted by Gasteiger charge is 2.47. The Labute approximate surface area is 155 Å². The molecule has 1 amide bonds. The van der Waals surface area contributed by atoms with Crippen LogP contribution in [0.25, 0.3) is 0 Å². The Balaban J connectivity index is 1.36. The predicted octanol–water partition coefficient (Wildman–Crippen LogP) is 3.40. The molecule has 2 aliphatic heterocycles. The lowest BCUT2D eigenvalue weighted by Gasteiger charge is -2.37. The smallest absolute Gasteiger partial charge is 0.229 e. The van der Waals surface area contributed by atoms with Crippen LogP contribution in [0.4, 0.5) is 0 Å². The number of likely N-dealkylation sites (tertiary alicyclic amines) is 2. The standard InChI is InChI=1S/C22H27N3O/c1-18-5-4-6-19(15-18)16-25-14-10-22(21(25)26)8-12-24(13-9-22)17-20-7-2-3-11-23-20/h2-7,11,15H,8-10,12-14,16-17H2,1H3. The zero-order chi connectivity index (χ0) is 18.0. The molecule has 0 atom stereocenters. The highest BCUT2D eigenvalue weighted by molar-refractivity contribution is 5.85. The van der Waals surface area contributed by atoms with E-state index in [2.05, 4.69) is 52.0 Å². The molecule has 4 heteroatoms. The molecule has 4 nitrogen and oxygen atoms in total. The summed E-state index contributed by atoms with van der Waals surface area (Å²) in [6.07, 6.45) is 4.81. The van der Waals surface area contributed by atoms with Crippen LogP contribution in [0.1, 0.15) is 36.1 Å². The molecule has 0 N–H and O–H groups in total. The van der Waals surface area contributed by atoms with E-state index in [0.717, 1.165) is 57.7 Å². The van der Waals surface area contributed by atoms with Gasteiger partial charge in [0, 0.05) is 25.8 Å². The molecule has 0 bridgehead atoms.